The van der Waals surface area contributed by atoms with Gasteiger partial charge >= 0.3 is 0 Å². The molecule has 0 bridgehead atoms. The number of nitrogens with zero attached hydrogens (tertiary/aromatic N) is 3. The molecule has 0 saturated carbocycles. The second-order valence-electron chi connectivity index (χ2n) is 2.46. The lowest BCUT2D eigenvalue weighted by Crippen LogP contribution is -2.22. The van der Waals surface area contributed by atoms with Gasteiger partial charge < -0.3 is 10.0 Å². The molecule has 1 aromatic rings. The van der Waals surface area contributed by atoms with Gasteiger partial charge in [-0.1, -0.05) is 11.6 Å². The molecule has 0 aliphatic rings. The lowest BCUT2D eigenvalue weighted by molar-refractivity contribution is 0.304. The molecule has 0 aliphatic carbocycles. The molecule has 0 aliphatic heterocycles. The third-order valence-electron chi connectivity index (χ3n) is 1.49. The topological polar surface area (TPSA) is 49.2 Å². The van der Waals surface area contributed by atoms with Crippen molar-refractivity contribution >= 4 is 29.0 Å². The van der Waals surface area contributed by atoms with Crippen LogP contribution >= 0.6 is 23.2 Å². The number of likely N-dealkylation sites (N-methyl/N-ethyl adjacent to an activating group) is 1. The van der Waals surface area contributed by atoms with Crippen molar-refractivity contribution in [1.82, 2.24) is 9.97 Å². The van der Waals surface area contributed by atoms with Gasteiger partial charge in [-0.3, -0.25) is 0 Å². The Morgan fingerprint density at radius 1 is 1.54 bits per heavy atom. The minimum atomic E-state index is 0.0362. The highest BCUT2D eigenvalue weighted by atomic mass is 35.5. The van der Waals surface area contributed by atoms with Crippen molar-refractivity contribution in [2.75, 3.05) is 25.1 Å². The summed E-state index contributed by atoms with van der Waals surface area (Å²) >= 11 is 11.4. The van der Waals surface area contributed by atoms with Crippen LogP contribution in [0.5, 0.6) is 0 Å². The van der Waals surface area contributed by atoms with E-state index in [1.807, 2.05) is 0 Å². The fraction of sp³-hybridized carbons (Fsp3) is 0.429. The van der Waals surface area contributed by atoms with E-state index in [1.165, 1.54) is 6.20 Å². The van der Waals surface area contributed by atoms with Crippen LogP contribution in [0.3, 0.4) is 0 Å². The number of aliphatic hydroxyl groups excluding tert-OH is 1. The fourth-order valence-electron chi connectivity index (χ4n) is 0.861. The minimum absolute atomic E-state index is 0.0362. The van der Waals surface area contributed by atoms with E-state index in [2.05, 4.69) is 9.97 Å². The number of aromatic nitrogens is 2. The maximum atomic E-state index is 8.70. The van der Waals surface area contributed by atoms with Crippen LogP contribution in [0.15, 0.2) is 6.20 Å². The molecule has 1 aromatic heterocycles. The second-order valence-corrected chi connectivity index (χ2v) is 3.20. The predicted molar refractivity (Wildman–Crippen MR) is 52.4 cm³/mol. The molecule has 1 N–H and O–H groups in total. The van der Waals surface area contributed by atoms with Crippen LogP contribution in [0.4, 0.5) is 5.82 Å². The first-order valence-corrected chi connectivity index (χ1v) is 4.40. The molecule has 0 amide bonds. The summed E-state index contributed by atoms with van der Waals surface area (Å²) in [5, 5.41) is 9.26. The van der Waals surface area contributed by atoms with Gasteiger partial charge in [0, 0.05) is 13.6 Å². The van der Waals surface area contributed by atoms with Crippen LogP contribution in [-0.2, 0) is 0 Å². The van der Waals surface area contributed by atoms with Crippen LogP contribution in [0.2, 0.25) is 10.3 Å². The lowest BCUT2D eigenvalue weighted by atomic mass is 10.5. The molecule has 0 saturated heterocycles. The summed E-state index contributed by atoms with van der Waals surface area (Å²) in [5.74, 6) is 0.524. The summed E-state index contributed by atoms with van der Waals surface area (Å²) in [6.07, 6.45) is 1.43. The van der Waals surface area contributed by atoms with E-state index in [1.54, 1.807) is 11.9 Å². The van der Waals surface area contributed by atoms with E-state index in [4.69, 9.17) is 28.3 Å². The first kappa shape index (κ1) is 10.5. The molecular formula is C7H9Cl2N3O. The highest BCUT2D eigenvalue weighted by molar-refractivity contribution is 6.33. The molecule has 0 aromatic carbocycles. The normalized spacial score (nSPS) is 10.2. The highest BCUT2D eigenvalue weighted by Crippen LogP contribution is 2.22. The minimum Gasteiger partial charge on any atom is -0.395 e. The van der Waals surface area contributed by atoms with Gasteiger partial charge in [-0.25, -0.2) is 4.98 Å². The van der Waals surface area contributed by atoms with Crippen molar-refractivity contribution < 1.29 is 5.11 Å². The molecule has 6 heteroatoms. The molecule has 0 unspecified atom stereocenters. The molecule has 0 atom stereocenters. The summed E-state index contributed by atoms with van der Waals surface area (Å²) in [6.45, 7) is 0.488. The molecule has 1 heterocycles. The number of anilines is 1. The Hall–Kier alpha value is -0.580. The van der Waals surface area contributed by atoms with E-state index in [0.717, 1.165) is 0 Å². The smallest absolute Gasteiger partial charge is 0.224 e. The average molecular weight is 222 g/mol. The van der Waals surface area contributed by atoms with Crippen LogP contribution in [0, 0.1) is 0 Å². The Balaban J connectivity index is 2.91. The molecule has 0 fully saturated rings. The summed E-state index contributed by atoms with van der Waals surface area (Å²) in [5.41, 5.74) is 0. The maximum Gasteiger partial charge on any atom is 0.224 e. The van der Waals surface area contributed by atoms with Gasteiger partial charge in [-0.2, -0.15) is 4.98 Å². The number of hydrogen-bond donors (Lipinski definition) is 1. The van der Waals surface area contributed by atoms with Crippen molar-refractivity contribution in [3.05, 3.63) is 16.5 Å². The zero-order chi connectivity index (χ0) is 9.84. The lowest BCUT2D eigenvalue weighted by Gasteiger charge is -2.17. The van der Waals surface area contributed by atoms with E-state index >= 15 is 0 Å². The Morgan fingerprint density at radius 2 is 2.23 bits per heavy atom. The first-order chi connectivity index (χ1) is 6.15. The summed E-state index contributed by atoms with van der Waals surface area (Å²) < 4.78 is 0. The Morgan fingerprint density at radius 3 is 2.85 bits per heavy atom. The van der Waals surface area contributed by atoms with E-state index < -0.39 is 0 Å². The Labute approximate surface area is 86.1 Å². The van der Waals surface area contributed by atoms with Gasteiger partial charge in [0.25, 0.3) is 0 Å². The average Bonchev–Trinajstić information content (AvgIpc) is 2.09. The number of halogens is 2. The molecule has 72 valence electrons. The van der Waals surface area contributed by atoms with Gasteiger partial charge in [0.1, 0.15) is 5.02 Å². The van der Waals surface area contributed by atoms with Crippen molar-refractivity contribution in [2.45, 2.75) is 0 Å². The fourth-order valence-corrected chi connectivity index (χ4v) is 1.23. The number of hydrogen-bond acceptors (Lipinski definition) is 4. The third kappa shape index (κ3) is 2.69. The number of rotatable bonds is 3. The van der Waals surface area contributed by atoms with E-state index in [0.29, 0.717) is 17.4 Å². The zero-order valence-electron chi connectivity index (χ0n) is 7.04. The molecule has 4 nitrogen and oxygen atoms in total. The summed E-state index contributed by atoms with van der Waals surface area (Å²) in [4.78, 5) is 9.35. The van der Waals surface area contributed by atoms with Gasteiger partial charge in [0.05, 0.1) is 12.8 Å². The van der Waals surface area contributed by atoms with E-state index in [-0.39, 0.29) is 11.9 Å². The quantitative estimate of drug-likeness (QED) is 0.781. The third-order valence-corrected chi connectivity index (χ3v) is 1.94. The van der Waals surface area contributed by atoms with Crippen molar-refractivity contribution in [3.8, 4) is 0 Å². The SMILES string of the molecule is CN(CCO)c1nc(Cl)ncc1Cl. The summed E-state index contributed by atoms with van der Waals surface area (Å²) in [7, 11) is 1.76. The molecule has 0 spiro atoms. The van der Waals surface area contributed by atoms with Crippen LogP contribution < -0.4 is 4.90 Å². The van der Waals surface area contributed by atoms with Gasteiger partial charge in [0.2, 0.25) is 5.28 Å². The maximum absolute atomic E-state index is 8.70. The first-order valence-electron chi connectivity index (χ1n) is 3.65. The standard InChI is InChI=1S/C7H9Cl2N3O/c1-12(2-3-13)6-5(8)4-10-7(9)11-6/h4,13H,2-3H2,1H3. The summed E-state index contributed by atoms with van der Waals surface area (Å²) in [6, 6.07) is 0. The largest absolute Gasteiger partial charge is 0.395 e. The van der Waals surface area contributed by atoms with Crippen LogP contribution in [-0.4, -0.2) is 35.3 Å². The monoisotopic (exact) mass is 221 g/mol. The second kappa shape index (κ2) is 4.60. The molecule has 13 heavy (non-hydrogen) atoms. The number of aliphatic hydroxyl groups is 1. The predicted octanol–water partition coefficient (Wildman–Crippen LogP) is 1.21. The van der Waals surface area contributed by atoms with Crippen molar-refractivity contribution in [2.24, 2.45) is 0 Å². The zero-order valence-corrected chi connectivity index (χ0v) is 8.55. The molecular weight excluding hydrogens is 213 g/mol. The van der Waals surface area contributed by atoms with Gasteiger partial charge in [-0.15, -0.1) is 0 Å². The van der Waals surface area contributed by atoms with E-state index in [9.17, 15) is 0 Å². The van der Waals surface area contributed by atoms with Gasteiger partial charge in [-0.05, 0) is 11.6 Å². The van der Waals surface area contributed by atoms with Gasteiger partial charge in [0.15, 0.2) is 5.82 Å². The molecule has 0 radical (unpaired) electrons. The van der Waals surface area contributed by atoms with Crippen molar-refractivity contribution in [1.29, 1.82) is 0 Å². The molecule has 1 rings (SSSR count). The highest BCUT2D eigenvalue weighted by Gasteiger charge is 2.08. The Kier molecular flexibility index (Phi) is 3.71. The van der Waals surface area contributed by atoms with Crippen LogP contribution in [0.1, 0.15) is 0 Å². The van der Waals surface area contributed by atoms with Crippen molar-refractivity contribution in [3.63, 3.8) is 0 Å². The van der Waals surface area contributed by atoms with Crippen LogP contribution in [0.25, 0.3) is 0 Å². The Bertz CT molecular complexity index is 295.